The first kappa shape index (κ1) is 12.1. The molecule has 0 aromatic carbocycles. The molecule has 0 aliphatic heterocycles. The van der Waals surface area contributed by atoms with Gasteiger partial charge in [-0.15, -0.1) is 0 Å². The monoisotopic (exact) mass is 149 g/mol. The predicted molar refractivity (Wildman–Crippen MR) is 38.5 cm³/mol. The van der Waals surface area contributed by atoms with Crippen molar-refractivity contribution < 1.29 is 14.7 Å². The van der Waals surface area contributed by atoms with Gasteiger partial charge in [0, 0.05) is 7.05 Å². The van der Waals surface area contributed by atoms with E-state index in [1.807, 2.05) is 0 Å². The van der Waals surface area contributed by atoms with Gasteiger partial charge in [0.1, 0.15) is 0 Å². The molecule has 0 saturated carbocycles. The van der Waals surface area contributed by atoms with Crippen LogP contribution in [0.2, 0.25) is 0 Å². The second-order valence-electron chi connectivity index (χ2n) is 1.90. The largest absolute Gasteiger partial charge is 0.481 e. The van der Waals surface area contributed by atoms with Gasteiger partial charge in [-0.3, -0.25) is 4.79 Å². The van der Waals surface area contributed by atoms with Crippen molar-refractivity contribution in [1.29, 1.82) is 0 Å². The lowest BCUT2D eigenvalue weighted by molar-refractivity contribution is -0.140. The van der Waals surface area contributed by atoms with Crippen molar-refractivity contribution in [3.05, 3.63) is 0 Å². The summed E-state index contributed by atoms with van der Waals surface area (Å²) in [6.07, 6.45) is 0. The van der Waals surface area contributed by atoms with Gasteiger partial charge in [0.15, 0.2) is 0 Å². The first-order chi connectivity index (χ1) is 4.56. The van der Waals surface area contributed by atoms with Crippen LogP contribution >= 0.6 is 0 Å². The molecule has 0 fully saturated rings. The number of hydroxylamine groups is 1. The highest BCUT2D eigenvalue weighted by Gasteiger charge is 1.99. The fourth-order valence-electron chi connectivity index (χ4n) is 0. The van der Waals surface area contributed by atoms with E-state index >= 15 is 0 Å². The van der Waals surface area contributed by atoms with Gasteiger partial charge in [-0.25, -0.2) is 5.48 Å². The number of hydrogen-bond acceptors (Lipinski definition) is 3. The molecule has 0 amide bonds. The summed E-state index contributed by atoms with van der Waals surface area (Å²) in [7, 11) is 3.28. The van der Waals surface area contributed by atoms with E-state index in [1.54, 1.807) is 28.0 Å². The van der Waals surface area contributed by atoms with Gasteiger partial charge in [0.05, 0.1) is 13.0 Å². The van der Waals surface area contributed by atoms with Gasteiger partial charge < -0.3 is 9.94 Å². The van der Waals surface area contributed by atoms with Crippen LogP contribution in [0.15, 0.2) is 0 Å². The normalized spacial score (nSPS) is 8.50. The molecular formula is C6H15NO3. The van der Waals surface area contributed by atoms with E-state index in [4.69, 9.17) is 5.11 Å². The molecule has 10 heavy (non-hydrogen) atoms. The molecule has 0 aromatic heterocycles. The highest BCUT2D eigenvalue weighted by atomic mass is 16.6. The Kier molecular flexibility index (Phi) is 10.2. The lowest BCUT2D eigenvalue weighted by Crippen LogP contribution is -2.03. The summed E-state index contributed by atoms with van der Waals surface area (Å²) >= 11 is 0. The third-order valence-corrected chi connectivity index (χ3v) is 0.698. The van der Waals surface area contributed by atoms with Crippen LogP contribution in [0, 0.1) is 5.92 Å². The molecule has 4 nitrogen and oxygen atoms in total. The van der Waals surface area contributed by atoms with Gasteiger partial charge >= 0.3 is 5.97 Å². The molecule has 0 aliphatic carbocycles. The average molecular weight is 149 g/mol. The van der Waals surface area contributed by atoms with Crippen molar-refractivity contribution in [2.24, 2.45) is 5.92 Å². The quantitative estimate of drug-likeness (QED) is 0.561. The SMILES string of the molecule is CC(C)C(=O)O.CNOC. The third kappa shape index (κ3) is 15.7. The van der Waals surface area contributed by atoms with E-state index in [0.29, 0.717) is 0 Å². The predicted octanol–water partition coefficient (Wildman–Crippen LogP) is 0.494. The fourth-order valence-corrected chi connectivity index (χ4v) is 0. The Bertz CT molecular complexity index is 81.1. The van der Waals surface area contributed by atoms with Crippen LogP contribution in [0.1, 0.15) is 13.8 Å². The van der Waals surface area contributed by atoms with Gasteiger partial charge in [-0.1, -0.05) is 13.8 Å². The summed E-state index contributed by atoms with van der Waals surface area (Å²) in [5.41, 5.74) is 2.43. The average Bonchev–Trinajstić information content (AvgIpc) is 1.89. The highest BCUT2D eigenvalue weighted by molar-refractivity contribution is 5.68. The van der Waals surface area contributed by atoms with Crippen LogP contribution in [0.25, 0.3) is 0 Å². The number of hydrogen-bond donors (Lipinski definition) is 2. The maximum absolute atomic E-state index is 9.70. The van der Waals surface area contributed by atoms with Crippen molar-refractivity contribution >= 4 is 5.97 Å². The summed E-state index contributed by atoms with van der Waals surface area (Å²) in [6.45, 7) is 3.28. The maximum Gasteiger partial charge on any atom is 0.305 e. The Morgan fingerprint density at radius 1 is 1.60 bits per heavy atom. The van der Waals surface area contributed by atoms with Gasteiger partial charge in [0.25, 0.3) is 0 Å². The first-order valence-electron chi connectivity index (χ1n) is 2.98. The van der Waals surface area contributed by atoms with Gasteiger partial charge in [-0.05, 0) is 0 Å². The molecule has 2 N–H and O–H groups in total. The number of carboxylic acids is 1. The summed E-state index contributed by atoms with van der Waals surface area (Å²) in [6, 6.07) is 0. The molecule has 0 unspecified atom stereocenters. The summed E-state index contributed by atoms with van der Waals surface area (Å²) < 4.78 is 0. The van der Waals surface area contributed by atoms with E-state index in [2.05, 4.69) is 10.3 Å². The van der Waals surface area contributed by atoms with Crippen LogP contribution in [-0.2, 0) is 9.63 Å². The zero-order valence-electron chi connectivity index (χ0n) is 6.84. The molecule has 0 heterocycles. The summed E-state index contributed by atoms with van der Waals surface area (Å²) in [5.74, 6) is -0.972. The Hall–Kier alpha value is -0.610. The van der Waals surface area contributed by atoms with Crippen molar-refractivity contribution in [3.8, 4) is 0 Å². The molecule has 0 rings (SSSR count). The number of aliphatic carboxylic acids is 1. The molecule has 0 atom stereocenters. The molecule has 0 bridgehead atoms. The minimum absolute atomic E-state index is 0.231. The summed E-state index contributed by atoms with van der Waals surface area (Å²) in [4.78, 5) is 14.0. The fraction of sp³-hybridized carbons (Fsp3) is 0.833. The number of rotatable bonds is 2. The zero-order chi connectivity index (χ0) is 8.57. The molecule has 4 heteroatoms. The number of carboxylic acid groups (broad SMARTS) is 1. The summed E-state index contributed by atoms with van der Waals surface area (Å²) in [5, 5.41) is 7.99. The second-order valence-corrected chi connectivity index (χ2v) is 1.90. The highest BCUT2D eigenvalue weighted by Crippen LogP contribution is 1.87. The van der Waals surface area contributed by atoms with Crippen molar-refractivity contribution in [3.63, 3.8) is 0 Å². The first-order valence-corrected chi connectivity index (χ1v) is 2.98. The molecular weight excluding hydrogens is 134 g/mol. The van der Waals surface area contributed by atoms with Crippen molar-refractivity contribution in [2.75, 3.05) is 14.2 Å². The van der Waals surface area contributed by atoms with E-state index < -0.39 is 5.97 Å². The second kappa shape index (κ2) is 8.39. The maximum atomic E-state index is 9.70. The molecule has 0 aromatic rings. The Morgan fingerprint density at radius 3 is 1.80 bits per heavy atom. The Labute approximate surface area is 61.1 Å². The molecule has 0 radical (unpaired) electrons. The van der Waals surface area contributed by atoms with E-state index in [-0.39, 0.29) is 5.92 Å². The smallest absolute Gasteiger partial charge is 0.305 e. The standard InChI is InChI=1S/C4H8O2.C2H7NO/c1-3(2)4(5)6;1-3-4-2/h3H,1-2H3,(H,5,6);3H,1-2H3. The molecule has 0 aliphatic rings. The van der Waals surface area contributed by atoms with E-state index in [9.17, 15) is 4.79 Å². The number of nitrogens with one attached hydrogen (secondary N) is 1. The lowest BCUT2D eigenvalue weighted by atomic mass is 10.2. The Balaban J connectivity index is 0. The topological polar surface area (TPSA) is 58.6 Å². The van der Waals surface area contributed by atoms with Crippen LogP contribution in [0.3, 0.4) is 0 Å². The van der Waals surface area contributed by atoms with Crippen LogP contribution in [-0.4, -0.2) is 25.2 Å². The van der Waals surface area contributed by atoms with Crippen LogP contribution in [0.5, 0.6) is 0 Å². The van der Waals surface area contributed by atoms with Crippen molar-refractivity contribution in [2.45, 2.75) is 13.8 Å². The lowest BCUT2D eigenvalue weighted by Gasteiger charge is -1.89. The van der Waals surface area contributed by atoms with Crippen LogP contribution in [0.4, 0.5) is 0 Å². The zero-order valence-corrected chi connectivity index (χ0v) is 6.84. The molecule has 62 valence electrons. The molecule has 0 spiro atoms. The van der Waals surface area contributed by atoms with Gasteiger partial charge in [-0.2, -0.15) is 0 Å². The minimum atomic E-state index is -0.741. The van der Waals surface area contributed by atoms with E-state index in [1.165, 1.54) is 0 Å². The van der Waals surface area contributed by atoms with Crippen LogP contribution < -0.4 is 5.48 Å². The number of carbonyl (C=O) groups is 1. The van der Waals surface area contributed by atoms with Crippen molar-refractivity contribution in [1.82, 2.24) is 5.48 Å². The molecule has 0 saturated heterocycles. The minimum Gasteiger partial charge on any atom is -0.481 e. The Morgan fingerprint density at radius 2 is 1.80 bits per heavy atom. The van der Waals surface area contributed by atoms with E-state index in [0.717, 1.165) is 0 Å². The third-order valence-electron chi connectivity index (χ3n) is 0.698. The van der Waals surface area contributed by atoms with Gasteiger partial charge in [0.2, 0.25) is 0 Å².